The molecule has 1 aliphatic carbocycles. The second-order valence-electron chi connectivity index (χ2n) is 8.00. The maximum Gasteiger partial charge on any atom is 0.290 e. The van der Waals surface area contributed by atoms with Gasteiger partial charge in [-0.2, -0.15) is 0 Å². The summed E-state index contributed by atoms with van der Waals surface area (Å²) in [5, 5.41) is 13.5. The van der Waals surface area contributed by atoms with Gasteiger partial charge in [0.2, 0.25) is 5.78 Å². The van der Waals surface area contributed by atoms with E-state index in [0.29, 0.717) is 11.3 Å². The largest absolute Gasteiger partial charge is 0.503 e. The number of amides is 1. The number of nitrogens with zero attached hydrogens (tertiary/aromatic N) is 1. The number of hydrogen-bond donors (Lipinski definition) is 1. The van der Waals surface area contributed by atoms with Crippen LogP contribution in [0.5, 0.6) is 5.75 Å². The second-order valence-corrected chi connectivity index (χ2v) is 8.98. The molecule has 1 unspecified atom stereocenters. The van der Waals surface area contributed by atoms with Crippen molar-refractivity contribution in [3.8, 4) is 5.75 Å². The van der Waals surface area contributed by atoms with E-state index in [1.54, 1.807) is 17.0 Å². The van der Waals surface area contributed by atoms with E-state index in [4.69, 9.17) is 9.15 Å². The molecule has 31 heavy (non-hydrogen) atoms. The van der Waals surface area contributed by atoms with Gasteiger partial charge in [0.15, 0.2) is 22.9 Å². The lowest BCUT2D eigenvalue weighted by molar-refractivity contribution is -0.132. The van der Waals surface area contributed by atoms with Crippen molar-refractivity contribution in [1.29, 1.82) is 0 Å². The van der Waals surface area contributed by atoms with Gasteiger partial charge in [-0.05, 0) is 36.4 Å². The number of Topliss-reactive ketones (excluding diaryl/α,β-unsaturated/α-hetero) is 1. The zero-order valence-electron chi connectivity index (χ0n) is 17.2. The Balaban J connectivity index is 1.59. The summed E-state index contributed by atoms with van der Waals surface area (Å²) < 4.78 is 11.2. The molecule has 0 radical (unpaired) electrons. The van der Waals surface area contributed by atoms with Gasteiger partial charge in [-0.15, -0.1) is 11.3 Å². The number of para-hydroxylation sites is 1. The molecule has 1 N–H and O–H groups in total. The van der Waals surface area contributed by atoms with Crippen LogP contribution in [-0.4, -0.2) is 34.8 Å². The van der Waals surface area contributed by atoms with E-state index in [-0.39, 0.29) is 17.4 Å². The minimum atomic E-state index is -0.599. The number of hydrogen-bond acceptors (Lipinski definition) is 6. The van der Waals surface area contributed by atoms with Crippen molar-refractivity contribution in [3.05, 3.63) is 63.7 Å². The van der Waals surface area contributed by atoms with E-state index in [1.807, 2.05) is 29.6 Å². The molecule has 1 aromatic carbocycles. The van der Waals surface area contributed by atoms with E-state index in [9.17, 15) is 14.7 Å². The van der Waals surface area contributed by atoms with Crippen molar-refractivity contribution in [2.75, 3.05) is 7.11 Å². The summed E-state index contributed by atoms with van der Waals surface area (Å²) in [5.41, 5.74) is 0.561. The third kappa shape index (κ3) is 3.24. The minimum absolute atomic E-state index is 0.0107. The van der Waals surface area contributed by atoms with Crippen LogP contribution in [0.1, 0.15) is 53.6 Å². The van der Waals surface area contributed by atoms with Crippen LogP contribution in [0.2, 0.25) is 0 Å². The summed E-state index contributed by atoms with van der Waals surface area (Å²) in [6.07, 6.45) is 4.99. The van der Waals surface area contributed by atoms with Gasteiger partial charge in [-0.25, -0.2) is 0 Å². The van der Waals surface area contributed by atoms with Crippen LogP contribution >= 0.6 is 11.3 Å². The Morgan fingerprint density at radius 1 is 1.19 bits per heavy atom. The first-order valence-electron chi connectivity index (χ1n) is 10.5. The molecule has 0 spiro atoms. The van der Waals surface area contributed by atoms with Crippen LogP contribution in [0.3, 0.4) is 0 Å². The molecule has 3 heterocycles. The molecule has 1 atom stereocenters. The van der Waals surface area contributed by atoms with E-state index in [2.05, 4.69) is 0 Å². The van der Waals surface area contributed by atoms with Crippen molar-refractivity contribution >= 4 is 34.0 Å². The Bertz CT molecular complexity index is 1170. The summed E-state index contributed by atoms with van der Waals surface area (Å²) in [7, 11) is 1.54. The smallest absolute Gasteiger partial charge is 0.290 e. The highest BCUT2D eigenvalue weighted by Crippen LogP contribution is 2.44. The fourth-order valence-corrected chi connectivity index (χ4v) is 5.59. The Labute approximate surface area is 183 Å². The fourth-order valence-electron chi connectivity index (χ4n) is 4.76. The normalized spacial score (nSPS) is 20.1. The number of aliphatic hydroxyl groups excluding tert-OH is 1. The molecule has 5 rings (SSSR count). The molecule has 2 aliphatic rings. The predicted octanol–water partition coefficient (Wildman–Crippen LogP) is 5.41. The van der Waals surface area contributed by atoms with Gasteiger partial charge in [0.05, 0.1) is 12.7 Å². The predicted molar refractivity (Wildman–Crippen MR) is 118 cm³/mol. The highest BCUT2D eigenvalue weighted by atomic mass is 32.1. The standard InChI is InChI=1S/C24H23NO5S/c1-29-16-10-5-7-14-13-17(30-23(14)16)21(26)19-20(18-11-6-12-31-18)25(24(28)22(19)27)15-8-3-2-4-9-15/h5-7,10-13,15,20,27H,2-4,8-9H2,1H3. The number of ketones is 1. The fraction of sp³-hybridized carbons (Fsp3) is 0.333. The van der Waals surface area contributed by atoms with Crippen LogP contribution in [-0.2, 0) is 4.79 Å². The van der Waals surface area contributed by atoms with Crippen LogP contribution < -0.4 is 4.74 Å². The lowest BCUT2D eigenvalue weighted by Gasteiger charge is -2.35. The molecule has 7 heteroatoms. The molecule has 0 saturated heterocycles. The van der Waals surface area contributed by atoms with E-state index in [0.717, 1.165) is 42.4 Å². The topological polar surface area (TPSA) is 80.0 Å². The van der Waals surface area contributed by atoms with Crippen molar-refractivity contribution in [2.24, 2.45) is 0 Å². The molecule has 1 aliphatic heterocycles. The maximum absolute atomic E-state index is 13.6. The van der Waals surface area contributed by atoms with Crippen molar-refractivity contribution in [3.63, 3.8) is 0 Å². The van der Waals surface area contributed by atoms with Gasteiger partial charge in [0.1, 0.15) is 6.04 Å². The molecule has 3 aromatic rings. The molecule has 1 amide bonds. The first-order valence-corrected chi connectivity index (χ1v) is 11.4. The van der Waals surface area contributed by atoms with Gasteiger partial charge < -0.3 is 19.2 Å². The SMILES string of the molecule is COc1cccc2cc(C(=O)C3=C(O)C(=O)N(C4CCCCC4)C3c3cccs3)oc12. The Morgan fingerprint density at radius 2 is 2.00 bits per heavy atom. The van der Waals surface area contributed by atoms with Gasteiger partial charge in [-0.3, -0.25) is 9.59 Å². The summed E-state index contributed by atoms with van der Waals surface area (Å²) >= 11 is 1.48. The average Bonchev–Trinajstić information content (AvgIpc) is 3.52. The van der Waals surface area contributed by atoms with Crippen LogP contribution in [0, 0.1) is 0 Å². The highest BCUT2D eigenvalue weighted by Gasteiger charge is 2.47. The number of fused-ring (bicyclic) bond motifs is 1. The highest BCUT2D eigenvalue weighted by molar-refractivity contribution is 7.10. The average molecular weight is 438 g/mol. The van der Waals surface area contributed by atoms with Crippen molar-refractivity contribution < 1.29 is 23.8 Å². The van der Waals surface area contributed by atoms with Crippen LogP contribution in [0.15, 0.2) is 57.5 Å². The molecule has 160 valence electrons. The molecule has 1 fully saturated rings. The molecule has 0 bridgehead atoms. The molecular weight excluding hydrogens is 414 g/mol. The lowest BCUT2D eigenvalue weighted by Crippen LogP contribution is -2.41. The van der Waals surface area contributed by atoms with Crippen molar-refractivity contribution in [2.45, 2.75) is 44.2 Å². The molecule has 1 saturated carbocycles. The monoisotopic (exact) mass is 437 g/mol. The Hall–Kier alpha value is -3.06. The van der Waals surface area contributed by atoms with E-state index in [1.165, 1.54) is 18.4 Å². The van der Waals surface area contributed by atoms with Crippen LogP contribution in [0.25, 0.3) is 11.0 Å². The number of aliphatic hydroxyl groups is 1. The summed E-state index contributed by atoms with van der Waals surface area (Å²) in [5.74, 6) is -0.804. The number of thiophene rings is 1. The van der Waals surface area contributed by atoms with Crippen LogP contribution in [0.4, 0.5) is 0 Å². The third-order valence-corrected chi connectivity index (χ3v) is 7.15. The van der Waals surface area contributed by atoms with Gasteiger partial charge in [-0.1, -0.05) is 37.5 Å². The zero-order chi connectivity index (χ0) is 21.5. The third-order valence-electron chi connectivity index (χ3n) is 6.22. The van der Waals surface area contributed by atoms with Gasteiger partial charge in [0, 0.05) is 16.3 Å². The number of carbonyl (C=O) groups is 2. The molecule has 6 nitrogen and oxygen atoms in total. The number of carbonyl (C=O) groups excluding carboxylic acids is 2. The van der Waals surface area contributed by atoms with E-state index >= 15 is 0 Å². The molecular formula is C24H23NO5S. The number of methoxy groups -OCH3 is 1. The number of benzene rings is 1. The summed E-state index contributed by atoms with van der Waals surface area (Å²) in [4.78, 5) is 29.3. The lowest BCUT2D eigenvalue weighted by atomic mass is 9.92. The quantitative estimate of drug-likeness (QED) is 0.540. The van der Waals surface area contributed by atoms with Gasteiger partial charge in [0.25, 0.3) is 5.91 Å². The molecule has 2 aromatic heterocycles. The second kappa shape index (κ2) is 7.89. The first-order chi connectivity index (χ1) is 15.1. The first kappa shape index (κ1) is 19.9. The van der Waals surface area contributed by atoms with E-state index < -0.39 is 23.5 Å². The Morgan fingerprint density at radius 3 is 2.71 bits per heavy atom. The minimum Gasteiger partial charge on any atom is -0.503 e. The maximum atomic E-state index is 13.6. The zero-order valence-corrected chi connectivity index (χ0v) is 18.0. The Kier molecular flexibility index (Phi) is 5.06. The summed E-state index contributed by atoms with van der Waals surface area (Å²) in [6, 6.07) is 10.3. The number of rotatable bonds is 5. The summed E-state index contributed by atoms with van der Waals surface area (Å²) in [6.45, 7) is 0. The number of furan rings is 1. The van der Waals surface area contributed by atoms with Gasteiger partial charge >= 0.3 is 0 Å². The number of ether oxygens (including phenoxy) is 1. The van der Waals surface area contributed by atoms with Crippen molar-refractivity contribution in [1.82, 2.24) is 4.90 Å².